The molecule has 104 valence electrons. The summed E-state index contributed by atoms with van der Waals surface area (Å²) in [6.45, 7) is 0. The van der Waals surface area contributed by atoms with Crippen LogP contribution in [0.4, 0.5) is 5.69 Å². The Morgan fingerprint density at radius 1 is 1.00 bits per heavy atom. The van der Waals surface area contributed by atoms with Gasteiger partial charge in [0, 0.05) is 22.2 Å². The molecule has 0 fully saturated rings. The van der Waals surface area contributed by atoms with Crippen LogP contribution in [-0.4, -0.2) is 16.8 Å². The van der Waals surface area contributed by atoms with Crippen LogP contribution in [-0.2, 0) is 0 Å². The fourth-order valence-corrected chi connectivity index (χ4v) is 2.14. The van der Waals surface area contributed by atoms with E-state index < -0.39 is 5.91 Å². The predicted molar refractivity (Wildman–Crippen MR) is 81.2 cm³/mol. The number of H-pyrrole nitrogens is 1. The van der Waals surface area contributed by atoms with Gasteiger partial charge in [0.25, 0.3) is 11.8 Å². The number of carbonyl (C=O) groups is 2. The average molecular weight is 279 g/mol. The van der Waals surface area contributed by atoms with Crippen molar-refractivity contribution in [1.82, 2.24) is 4.98 Å². The minimum absolute atomic E-state index is 0.180. The molecule has 0 saturated carbocycles. The van der Waals surface area contributed by atoms with E-state index in [1.807, 2.05) is 18.2 Å². The fourth-order valence-electron chi connectivity index (χ4n) is 2.14. The quantitative estimate of drug-likeness (QED) is 0.687. The van der Waals surface area contributed by atoms with Crippen molar-refractivity contribution in [2.75, 3.05) is 5.32 Å². The molecule has 0 unspecified atom stereocenters. The van der Waals surface area contributed by atoms with Crippen molar-refractivity contribution >= 4 is 28.4 Å². The van der Waals surface area contributed by atoms with Crippen LogP contribution in [0.5, 0.6) is 0 Å². The first-order chi connectivity index (χ1) is 10.1. The van der Waals surface area contributed by atoms with Crippen LogP contribution >= 0.6 is 0 Å². The summed E-state index contributed by atoms with van der Waals surface area (Å²) in [7, 11) is 0. The fraction of sp³-hybridized carbons (Fsp3) is 0. The van der Waals surface area contributed by atoms with Crippen LogP contribution in [0.2, 0.25) is 0 Å². The molecule has 21 heavy (non-hydrogen) atoms. The van der Waals surface area contributed by atoms with Gasteiger partial charge in [0.2, 0.25) is 0 Å². The first kappa shape index (κ1) is 12.9. The number of hydrogen-bond acceptors (Lipinski definition) is 2. The van der Waals surface area contributed by atoms with E-state index >= 15 is 0 Å². The monoisotopic (exact) mass is 279 g/mol. The van der Waals surface area contributed by atoms with E-state index in [1.54, 1.807) is 36.4 Å². The molecule has 1 heterocycles. The number of hydrogen-bond donors (Lipinski definition) is 3. The summed E-state index contributed by atoms with van der Waals surface area (Å²) in [5.74, 6) is -0.693. The van der Waals surface area contributed by atoms with E-state index in [2.05, 4.69) is 10.3 Å². The van der Waals surface area contributed by atoms with Gasteiger partial charge in [-0.3, -0.25) is 9.59 Å². The molecule has 0 spiro atoms. The predicted octanol–water partition coefficient (Wildman–Crippen LogP) is 2.52. The van der Waals surface area contributed by atoms with Crippen LogP contribution in [0.3, 0.4) is 0 Å². The van der Waals surface area contributed by atoms with E-state index in [-0.39, 0.29) is 5.91 Å². The lowest BCUT2D eigenvalue weighted by atomic mass is 10.2. The normalized spacial score (nSPS) is 10.5. The topological polar surface area (TPSA) is 88.0 Å². The number of carbonyl (C=O) groups excluding carboxylic acids is 2. The Hall–Kier alpha value is -3.08. The molecule has 2 aromatic carbocycles. The van der Waals surface area contributed by atoms with Crippen molar-refractivity contribution in [3.05, 3.63) is 65.9 Å². The lowest BCUT2D eigenvalue weighted by Gasteiger charge is -2.05. The molecule has 0 atom stereocenters. The smallest absolute Gasteiger partial charge is 0.265 e. The van der Waals surface area contributed by atoms with Gasteiger partial charge in [0.1, 0.15) is 5.69 Å². The summed E-state index contributed by atoms with van der Waals surface area (Å²) >= 11 is 0. The molecular weight excluding hydrogens is 266 g/mol. The maximum atomic E-state index is 12.1. The SMILES string of the molecule is NC(=O)c1cc2cc(NC(=O)c3ccccc3)ccc2[nH]1. The van der Waals surface area contributed by atoms with Gasteiger partial charge in [0.05, 0.1) is 0 Å². The van der Waals surface area contributed by atoms with Crippen molar-refractivity contribution in [3.63, 3.8) is 0 Å². The van der Waals surface area contributed by atoms with Gasteiger partial charge in [-0.25, -0.2) is 0 Å². The summed E-state index contributed by atoms with van der Waals surface area (Å²) in [6, 6.07) is 16.0. The lowest BCUT2D eigenvalue weighted by Crippen LogP contribution is -2.11. The zero-order valence-electron chi connectivity index (χ0n) is 11.1. The zero-order valence-corrected chi connectivity index (χ0v) is 11.1. The molecule has 0 saturated heterocycles. The minimum Gasteiger partial charge on any atom is -0.364 e. The lowest BCUT2D eigenvalue weighted by molar-refractivity contribution is 0.0994. The number of primary amides is 1. The largest absolute Gasteiger partial charge is 0.364 e. The van der Waals surface area contributed by atoms with Crippen LogP contribution in [0.25, 0.3) is 10.9 Å². The number of benzene rings is 2. The minimum atomic E-state index is -0.513. The highest BCUT2D eigenvalue weighted by molar-refractivity contribution is 6.05. The first-order valence-corrected chi connectivity index (χ1v) is 6.42. The van der Waals surface area contributed by atoms with Crippen molar-refractivity contribution in [2.24, 2.45) is 5.73 Å². The Labute approximate surface area is 120 Å². The number of aromatic nitrogens is 1. The molecule has 4 N–H and O–H groups in total. The molecule has 0 bridgehead atoms. The van der Waals surface area contributed by atoms with E-state index in [4.69, 9.17) is 5.73 Å². The maximum absolute atomic E-state index is 12.1. The van der Waals surface area contributed by atoms with E-state index in [0.717, 1.165) is 10.9 Å². The summed E-state index contributed by atoms with van der Waals surface area (Å²) in [6.07, 6.45) is 0. The van der Waals surface area contributed by atoms with Gasteiger partial charge >= 0.3 is 0 Å². The summed E-state index contributed by atoms with van der Waals surface area (Å²) in [5, 5.41) is 3.63. The molecule has 0 aliphatic heterocycles. The maximum Gasteiger partial charge on any atom is 0.265 e. The van der Waals surface area contributed by atoms with E-state index in [1.165, 1.54) is 0 Å². The summed E-state index contributed by atoms with van der Waals surface area (Å²) in [5.41, 5.74) is 7.62. The van der Waals surface area contributed by atoms with Gasteiger partial charge in [-0.15, -0.1) is 0 Å². The summed E-state index contributed by atoms with van der Waals surface area (Å²) in [4.78, 5) is 26.1. The zero-order chi connectivity index (χ0) is 14.8. The molecular formula is C16H13N3O2. The van der Waals surface area contributed by atoms with Crippen LogP contribution in [0.1, 0.15) is 20.8 Å². The number of nitrogens with two attached hydrogens (primary N) is 1. The van der Waals surface area contributed by atoms with E-state index in [9.17, 15) is 9.59 Å². The van der Waals surface area contributed by atoms with Crippen LogP contribution in [0.15, 0.2) is 54.6 Å². The summed E-state index contributed by atoms with van der Waals surface area (Å²) < 4.78 is 0. The molecule has 0 radical (unpaired) electrons. The third kappa shape index (κ3) is 2.62. The Bertz CT molecular complexity index is 822. The van der Waals surface area contributed by atoms with Crippen LogP contribution in [0, 0.1) is 0 Å². The second kappa shape index (κ2) is 5.13. The highest BCUT2D eigenvalue weighted by Gasteiger charge is 2.08. The number of nitrogens with one attached hydrogen (secondary N) is 2. The van der Waals surface area contributed by atoms with Gasteiger partial charge in [-0.2, -0.15) is 0 Å². The molecule has 3 aromatic rings. The first-order valence-electron chi connectivity index (χ1n) is 6.42. The third-order valence-corrected chi connectivity index (χ3v) is 3.18. The average Bonchev–Trinajstić information content (AvgIpc) is 2.91. The highest BCUT2D eigenvalue weighted by Crippen LogP contribution is 2.20. The van der Waals surface area contributed by atoms with Crippen molar-refractivity contribution in [2.45, 2.75) is 0 Å². The number of anilines is 1. The molecule has 0 aliphatic carbocycles. The van der Waals surface area contributed by atoms with Gasteiger partial charge in [-0.05, 0) is 36.4 Å². The Morgan fingerprint density at radius 3 is 2.48 bits per heavy atom. The van der Waals surface area contributed by atoms with Gasteiger partial charge in [0.15, 0.2) is 0 Å². The Kier molecular flexibility index (Phi) is 3.16. The van der Waals surface area contributed by atoms with E-state index in [0.29, 0.717) is 16.9 Å². The third-order valence-electron chi connectivity index (χ3n) is 3.18. The van der Waals surface area contributed by atoms with Crippen molar-refractivity contribution in [1.29, 1.82) is 0 Å². The molecule has 0 aliphatic rings. The Balaban J connectivity index is 1.87. The molecule has 5 nitrogen and oxygen atoms in total. The highest BCUT2D eigenvalue weighted by atomic mass is 16.2. The number of aromatic amines is 1. The molecule has 1 aromatic heterocycles. The standard InChI is InChI=1S/C16H13N3O2/c17-15(20)14-9-11-8-12(6-7-13(11)19-14)18-16(21)10-4-2-1-3-5-10/h1-9,19H,(H2,17,20)(H,18,21). The van der Waals surface area contributed by atoms with Gasteiger partial charge < -0.3 is 16.0 Å². The second-order valence-electron chi connectivity index (χ2n) is 4.67. The molecule has 2 amide bonds. The van der Waals surface area contributed by atoms with Crippen LogP contribution < -0.4 is 11.1 Å². The molecule has 5 heteroatoms. The number of fused-ring (bicyclic) bond motifs is 1. The van der Waals surface area contributed by atoms with Crippen molar-refractivity contribution in [3.8, 4) is 0 Å². The van der Waals surface area contributed by atoms with Crippen molar-refractivity contribution < 1.29 is 9.59 Å². The second-order valence-corrected chi connectivity index (χ2v) is 4.67. The number of rotatable bonds is 3. The Morgan fingerprint density at radius 2 is 1.76 bits per heavy atom. The van der Waals surface area contributed by atoms with Gasteiger partial charge in [-0.1, -0.05) is 18.2 Å². The number of amides is 2. The molecule has 3 rings (SSSR count).